The van der Waals surface area contributed by atoms with Crippen LogP contribution >= 0.6 is 11.8 Å². The van der Waals surface area contributed by atoms with Crippen molar-refractivity contribution in [3.05, 3.63) is 53.8 Å². The number of para-hydroxylation sites is 1. The van der Waals surface area contributed by atoms with Gasteiger partial charge in [-0.05, 0) is 36.6 Å². The Labute approximate surface area is 127 Å². The molecular formula is C16H15FO3S. The highest BCUT2D eigenvalue weighted by Crippen LogP contribution is 2.27. The summed E-state index contributed by atoms with van der Waals surface area (Å²) in [5.74, 6) is 0.155. The second-order valence-electron chi connectivity index (χ2n) is 4.21. The third-order valence-electron chi connectivity index (χ3n) is 2.89. The molecule has 0 atom stereocenters. The minimum Gasteiger partial charge on any atom is -0.496 e. The van der Waals surface area contributed by atoms with Crippen LogP contribution in [0.3, 0.4) is 0 Å². The molecule has 21 heavy (non-hydrogen) atoms. The number of hydrogen-bond donors (Lipinski definition) is 0. The Bertz CT molecular complexity index is 643. The molecule has 2 rings (SSSR count). The quantitative estimate of drug-likeness (QED) is 0.600. The fraction of sp³-hybridized carbons (Fsp3) is 0.188. The summed E-state index contributed by atoms with van der Waals surface area (Å²) in [5, 5.41) is 0. The Balaban J connectivity index is 2.13. The summed E-state index contributed by atoms with van der Waals surface area (Å²) in [6.07, 6.45) is 1.93. The average molecular weight is 306 g/mol. The highest BCUT2D eigenvalue weighted by molar-refractivity contribution is 7.98. The molecule has 0 amide bonds. The summed E-state index contributed by atoms with van der Waals surface area (Å²) in [4.78, 5) is 13.1. The smallest absolute Gasteiger partial charge is 0.204 e. The molecule has 0 saturated heterocycles. The number of rotatable bonds is 6. The second-order valence-corrected chi connectivity index (χ2v) is 5.06. The van der Waals surface area contributed by atoms with Gasteiger partial charge in [-0.25, -0.2) is 4.39 Å². The predicted molar refractivity (Wildman–Crippen MR) is 81.0 cm³/mol. The summed E-state index contributed by atoms with van der Waals surface area (Å²) < 4.78 is 23.9. The monoisotopic (exact) mass is 306 g/mol. The first-order valence-corrected chi connectivity index (χ1v) is 7.50. The van der Waals surface area contributed by atoms with E-state index in [9.17, 15) is 9.18 Å². The standard InChI is InChI=1S/C16H15FO3S/c1-19-14-8-7-11(17)9-12(14)13(18)10-20-15-5-3-4-6-16(15)21-2/h3-9H,10H2,1-2H3. The van der Waals surface area contributed by atoms with E-state index in [2.05, 4.69) is 0 Å². The molecule has 0 aliphatic rings. The number of Topliss-reactive ketones (excluding diaryl/α,β-unsaturated/α-hetero) is 1. The van der Waals surface area contributed by atoms with Crippen molar-refractivity contribution < 1.29 is 18.7 Å². The Hall–Kier alpha value is -2.01. The number of thioether (sulfide) groups is 1. The molecule has 2 aromatic rings. The Morgan fingerprint density at radius 3 is 2.67 bits per heavy atom. The zero-order chi connectivity index (χ0) is 15.2. The van der Waals surface area contributed by atoms with E-state index in [0.29, 0.717) is 11.5 Å². The van der Waals surface area contributed by atoms with Crippen LogP contribution in [0.4, 0.5) is 4.39 Å². The zero-order valence-corrected chi connectivity index (χ0v) is 12.6. The van der Waals surface area contributed by atoms with Crippen molar-refractivity contribution in [1.82, 2.24) is 0 Å². The number of methoxy groups -OCH3 is 1. The topological polar surface area (TPSA) is 35.5 Å². The summed E-state index contributed by atoms with van der Waals surface area (Å²) in [5.41, 5.74) is 0.180. The van der Waals surface area contributed by atoms with Crippen LogP contribution in [0, 0.1) is 5.82 Å². The van der Waals surface area contributed by atoms with Crippen molar-refractivity contribution in [2.75, 3.05) is 20.0 Å². The van der Waals surface area contributed by atoms with E-state index in [1.807, 2.05) is 24.5 Å². The van der Waals surface area contributed by atoms with Gasteiger partial charge >= 0.3 is 0 Å². The van der Waals surface area contributed by atoms with Gasteiger partial charge in [0.05, 0.1) is 12.7 Å². The van der Waals surface area contributed by atoms with E-state index in [-0.39, 0.29) is 18.0 Å². The molecule has 110 valence electrons. The van der Waals surface area contributed by atoms with E-state index < -0.39 is 5.82 Å². The number of hydrogen-bond acceptors (Lipinski definition) is 4. The molecule has 0 radical (unpaired) electrons. The minimum absolute atomic E-state index is 0.169. The number of ketones is 1. The maximum absolute atomic E-state index is 13.3. The van der Waals surface area contributed by atoms with Crippen molar-refractivity contribution in [3.8, 4) is 11.5 Å². The lowest BCUT2D eigenvalue weighted by atomic mass is 10.1. The van der Waals surface area contributed by atoms with Crippen LogP contribution in [0.15, 0.2) is 47.4 Å². The van der Waals surface area contributed by atoms with Crippen LogP contribution in [-0.4, -0.2) is 25.8 Å². The van der Waals surface area contributed by atoms with Crippen LogP contribution in [-0.2, 0) is 0 Å². The van der Waals surface area contributed by atoms with Gasteiger partial charge in [-0.2, -0.15) is 0 Å². The molecule has 0 unspecified atom stereocenters. The first-order valence-electron chi connectivity index (χ1n) is 6.28. The number of carbonyl (C=O) groups excluding carboxylic acids is 1. The van der Waals surface area contributed by atoms with Gasteiger partial charge in [0.15, 0.2) is 6.61 Å². The third-order valence-corrected chi connectivity index (χ3v) is 3.67. The SMILES string of the molecule is COc1ccc(F)cc1C(=O)COc1ccccc1SC. The van der Waals surface area contributed by atoms with Crippen molar-refractivity contribution in [3.63, 3.8) is 0 Å². The number of halogens is 1. The molecule has 0 aliphatic heterocycles. The van der Waals surface area contributed by atoms with Gasteiger partial charge in [-0.15, -0.1) is 11.8 Å². The average Bonchev–Trinajstić information content (AvgIpc) is 2.52. The first kappa shape index (κ1) is 15.4. The van der Waals surface area contributed by atoms with Crippen LogP contribution in [0.1, 0.15) is 10.4 Å². The van der Waals surface area contributed by atoms with Crippen LogP contribution in [0.2, 0.25) is 0 Å². The third kappa shape index (κ3) is 3.76. The minimum atomic E-state index is -0.483. The fourth-order valence-corrected chi connectivity index (χ4v) is 2.40. The Morgan fingerprint density at radius 1 is 1.19 bits per heavy atom. The van der Waals surface area contributed by atoms with E-state index in [0.717, 1.165) is 11.0 Å². The first-order chi connectivity index (χ1) is 10.2. The molecule has 0 bridgehead atoms. The van der Waals surface area contributed by atoms with E-state index in [1.54, 1.807) is 6.07 Å². The number of carbonyl (C=O) groups is 1. The van der Waals surface area contributed by atoms with Gasteiger partial charge < -0.3 is 9.47 Å². The van der Waals surface area contributed by atoms with Gasteiger partial charge in [-0.1, -0.05) is 12.1 Å². The predicted octanol–water partition coefficient (Wildman–Crippen LogP) is 3.82. The molecule has 0 saturated carbocycles. The fourth-order valence-electron chi connectivity index (χ4n) is 1.86. The van der Waals surface area contributed by atoms with Crippen molar-refractivity contribution in [1.29, 1.82) is 0 Å². The van der Waals surface area contributed by atoms with Gasteiger partial charge in [0, 0.05) is 4.90 Å². The summed E-state index contributed by atoms with van der Waals surface area (Å²) >= 11 is 1.53. The van der Waals surface area contributed by atoms with Gasteiger partial charge in [0.1, 0.15) is 17.3 Å². The molecule has 0 N–H and O–H groups in total. The maximum Gasteiger partial charge on any atom is 0.204 e. The van der Waals surface area contributed by atoms with E-state index in [4.69, 9.17) is 9.47 Å². The van der Waals surface area contributed by atoms with Crippen LogP contribution in [0.25, 0.3) is 0 Å². The lowest BCUT2D eigenvalue weighted by molar-refractivity contribution is 0.0916. The molecule has 3 nitrogen and oxygen atoms in total. The van der Waals surface area contributed by atoms with Gasteiger partial charge in [0.2, 0.25) is 5.78 Å². The van der Waals surface area contributed by atoms with Crippen molar-refractivity contribution >= 4 is 17.5 Å². The molecule has 0 spiro atoms. The molecule has 5 heteroatoms. The Kier molecular flexibility index (Phi) is 5.22. The molecular weight excluding hydrogens is 291 g/mol. The molecule has 0 heterocycles. The number of benzene rings is 2. The second kappa shape index (κ2) is 7.13. The lowest BCUT2D eigenvalue weighted by Crippen LogP contribution is -2.13. The van der Waals surface area contributed by atoms with Gasteiger partial charge in [-0.3, -0.25) is 4.79 Å². The molecule has 2 aromatic carbocycles. The summed E-state index contributed by atoms with van der Waals surface area (Å²) in [6.45, 7) is -0.169. The maximum atomic E-state index is 13.3. The molecule has 0 aromatic heterocycles. The van der Waals surface area contributed by atoms with Crippen LogP contribution in [0.5, 0.6) is 11.5 Å². The molecule has 0 fully saturated rings. The summed E-state index contributed by atoms with van der Waals surface area (Å²) in [7, 11) is 1.44. The highest BCUT2D eigenvalue weighted by Gasteiger charge is 2.15. The van der Waals surface area contributed by atoms with Crippen molar-refractivity contribution in [2.45, 2.75) is 4.90 Å². The van der Waals surface area contributed by atoms with E-state index in [1.165, 1.54) is 31.0 Å². The van der Waals surface area contributed by atoms with Crippen LogP contribution < -0.4 is 9.47 Å². The van der Waals surface area contributed by atoms with Gasteiger partial charge in [0.25, 0.3) is 0 Å². The highest BCUT2D eigenvalue weighted by atomic mass is 32.2. The molecule has 0 aliphatic carbocycles. The zero-order valence-electron chi connectivity index (χ0n) is 11.8. The lowest BCUT2D eigenvalue weighted by Gasteiger charge is -2.11. The Morgan fingerprint density at radius 2 is 1.95 bits per heavy atom. The van der Waals surface area contributed by atoms with E-state index >= 15 is 0 Å². The number of ether oxygens (including phenoxy) is 2. The normalized spacial score (nSPS) is 10.2. The van der Waals surface area contributed by atoms with Crippen molar-refractivity contribution in [2.24, 2.45) is 0 Å². The largest absolute Gasteiger partial charge is 0.496 e. The summed E-state index contributed by atoms with van der Waals surface area (Å²) in [6, 6.07) is 11.3.